The van der Waals surface area contributed by atoms with Gasteiger partial charge in [-0.15, -0.1) is 20.4 Å². The second kappa shape index (κ2) is 11.7. The molecule has 0 saturated heterocycles. The number of carbonyl (C=O) groups excluding carboxylic acids is 2. The Labute approximate surface area is 235 Å². The van der Waals surface area contributed by atoms with E-state index in [0.29, 0.717) is 10.3 Å². The molecule has 14 heteroatoms. The van der Waals surface area contributed by atoms with Gasteiger partial charge in [0.1, 0.15) is 10.0 Å². The van der Waals surface area contributed by atoms with Crippen molar-refractivity contribution < 1.29 is 9.59 Å². The number of aryl methyl sites for hydroxylation is 2. The van der Waals surface area contributed by atoms with Gasteiger partial charge in [-0.2, -0.15) is 0 Å². The average molecular weight is 573 g/mol. The number of fused-ring (bicyclic) bond motifs is 2. The standard InChI is InChI=1S/C26H24N10O2S2/c37-21(9-15-11-29-19-5-7-27-13-17(15)19)31-25-35-33-23(39-25)3-1-2-4-24-34-36-26(40-24)32-22(38)10-16-12-30-20-6-8-28-14-18(16)20/h5-8,11-14,29-30H,1-4,9-10H2,(H,31,35,37)(H,32,36,38). The second-order valence-corrected chi connectivity index (χ2v) is 11.3. The van der Waals surface area contributed by atoms with Crippen LogP contribution in [0, 0.1) is 0 Å². The lowest BCUT2D eigenvalue weighted by molar-refractivity contribution is -0.116. The average Bonchev–Trinajstić information content (AvgIpc) is 3.76. The van der Waals surface area contributed by atoms with Crippen LogP contribution < -0.4 is 10.6 Å². The molecule has 40 heavy (non-hydrogen) atoms. The molecule has 202 valence electrons. The van der Waals surface area contributed by atoms with Crippen LogP contribution in [0.4, 0.5) is 10.3 Å². The smallest absolute Gasteiger partial charge is 0.230 e. The van der Waals surface area contributed by atoms with Crippen LogP contribution in [0.2, 0.25) is 0 Å². The van der Waals surface area contributed by atoms with Crippen molar-refractivity contribution in [2.24, 2.45) is 0 Å². The van der Waals surface area contributed by atoms with Crippen molar-refractivity contribution in [1.29, 1.82) is 0 Å². The topological polar surface area (TPSA) is 167 Å². The number of nitrogens with one attached hydrogen (secondary N) is 4. The van der Waals surface area contributed by atoms with Crippen LogP contribution in [0.15, 0.2) is 49.3 Å². The number of unbranched alkanes of at least 4 members (excludes halogenated alkanes) is 1. The van der Waals surface area contributed by atoms with Crippen LogP contribution >= 0.6 is 22.7 Å². The summed E-state index contributed by atoms with van der Waals surface area (Å²) < 4.78 is 0. The molecule has 0 bridgehead atoms. The normalized spacial score (nSPS) is 11.3. The van der Waals surface area contributed by atoms with Gasteiger partial charge in [0.25, 0.3) is 0 Å². The Morgan fingerprint density at radius 3 is 1.65 bits per heavy atom. The number of amides is 2. The fraction of sp³-hybridized carbons (Fsp3) is 0.231. The lowest BCUT2D eigenvalue weighted by Gasteiger charge is -2.00. The van der Waals surface area contributed by atoms with Gasteiger partial charge in [-0.05, 0) is 36.1 Å². The van der Waals surface area contributed by atoms with Crippen LogP contribution in [0.5, 0.6) is 0 Å². The minimum Gasteiger partial charge on any atom is -0.361 e. The molecule has 0 fully saturated rings. The first-order chi connectivity index (χ1) is 19.6. The van der Waals surface area contributed by atoms with Crippen LogP contribution in [-0.2, 0) is 35.3 Å². The van der Waals surface area contributed by atoms with Gasteiger partial charge in [0, 0.05) is 71.8 Å². The molecule has 0 aliphatic carbocycles. The number of hydrogen-bond acceptors (Lipinski definition) is 10. The third-order valence-electron chi connectivity index (χ3n) is 6.30. The van der Waals surface area contributed by atoms with Crippen molar-refractivity contribution in [2.75, 3.05) is 10.6 Å². The van der Waals surface area contributed by atoms with E-state index in [4.69, 9.17) is 0 Å². The molecular weight excluding hydrogens is 548 g/mol. The van der Waals surface area contributed by atoms with Crippen molar-refractivity contribution in [2.45, 2.75) is 38.5 Å². The SMILES string of the molecule is O=C(Cc1c[nH]c2ccncc12)Nc1nnc(CCCCc2nnc(NC(=O)Cc3c[nH]c4ccncc34)s2)s1. The molecule has 0 aromatic carbocycles. The predicted octanol–water partition coefficient (Wildman–Crippen LogP) is 4.07. The lowest BCUT2D eigenvalue weighted by Crippen LogP contribution is -2.14. The Hall–Kier alpha value is -4.56. The third kappa shape index (κ3) is 6.02. The Balaban J connectivity index is 0.923. The van der Waals surface area contributed by atoms with Crippen LogP contribution in [0.3, 0.4) is 0 Å². The number of anilines is 2. The van der Waals surface area contributed by atoms with Crippen molar-refractivity contribution in [3.63, 3.8) is 0 Å². The quantitative estimate of drug-likeness (QED) is 0.169. The van der Waals surface area contributed by atoms with Gasteiger partial charge >= 0.3 is 0 Å². The van der Waals surface area contributed by atoms with Crippen LogP contribution in [0.25, 0.3) is 21.8 Å². The van der Waals surface area contributed by atoms with E-state index in [9.17, 15) is 9.59 Å². The molecule has 0 unspecified atom stereocenters. The van der Waals surface area contributed by atoms with E-state index < -0.39 is 0 Å². The van der Waals surface area contributed by atoms with Gasteiger partial charge in [-0.3, -0.25) is 19.6 Å². The zero-order valence-electron chi connectivity index (χ0n) is 21.2. The molecule has 2 amide bonds. The molecule has 0 aliphatic heterocycles. The zero-order valence-corrected chi connectivity index (χ0v) is 22.8. The summed E-state index contributed by atoms with van der Waals surface area (Å²) >= 11 is 2.77. The highest BCUT2D eigenvalue weighted by atomic mass is 32.1. The van der Waals surface area contributed by atoms with E-state index in [2.05, 4.69) is 51.0 Å². The van der Waals surface area contributed by atoms with E-state index in [1.165, 1.54) is 22.7 Å². The molecule has 12 nitrogen and oxygen atoms in total. The maximum absolute atomic E-state index is 12.5. The summed E-state index contributed by atoms with van der Waals surface area (Å²) in [6, 6.07) is 3.75. The maximum atomic E-state index is 12.5. The number of aromatic nitrogens is 8. The highest BCUT2D eigenvalue weighted by Crippen LogP contribution is 2.22. The Morgan fingerprint density at radius 1 is 0.700 bits per heavy atom. The number of hydrogen-bond donors (Lipinski definition) is 4. The minimum atomic E-state index is -0.148. The number of H-pyrrole nitrogens is 2. The largest absolute Gasteiger partial charge is 0.361 e. The number of nitrogens with zero attached hydrogens (tertiary/aromatic N) is 6. The Kier molecular flexibility index (Phi) is 7.50. The Morgan fingerprint density at radius 2 is 1.18 bits per heavy atom. The number of pyridine rings is 2. The molecule has 6 aromatic rings. The van der Waals surface area contributed by atoms with E-state index >= 15 is 0 Å². The first-order valence-electron chi connectivity index (χ1n) is 12.6. The van der Waals surface area contributed by atoms with Gasteiger partial charge in [-0.1, -0.05) is 22.7 Å². The highest BCUT2D eigenvalue weighted by molar-refractivity contribution is 7.15. The first-order valence-corrected chi connectivity index (χ1v) is 14.3. The monoisotopic (exact) mass is 572 g/mol. The molecule has 0 spiro atoms. The molecule has 0 atom stereocenters. The first kappa shape index (κ1) is 25.7. The summed E-state index contributed by atoms with van der Waals surface area (Å²) in [5, 5.41) is 26.9. The molecule has 4 N–H and O–H groups in total. The predicted molar refractivity (Wildman–Crippen MR) is 153 cm³/mol. The molecule has 6 heterocycles. The van der Waals surface area contributed by atoms with Crippen molar-refractivity contribution >= 4 is 66.6 Å². The minimum absolute atomic E-state index is 0.148. The van der Waals surface area contributed by atoms with E-state index in [-0.39, 0.29) is 24.7 Å². The van der Waals surface area contributed by atoms with Crippen molar-refractivity contribution in [1.82, 2.24) is 40.3 Å². The van der Waals surface area contributed by atoms with Crippen LogP contribution in [0.1, 0.15) is 34.0 Å². The summed E-state index contributed by atoms with van der Waals surface area (Å²) in [4.78, 5) is 39.6. The molecular formula is C26H24N10O2S2. The van der Waals surface area contributed by atoms with Gasteiger partial charge in [0.2, 0.25) is 22.1 Å². The Bertz CT molecular complexity index is 1660. The number of rotatable bonds is 11. The maximum Gasteiger partial charge on any atom is 0.230 e. The van der Waals surface area contributed by atoms with Gasteiger partial charge < -0.3 is 20.6 Å². The lowest BCUT2D eigenvalue weighted by atomic mass is 10.1. The summed E-state index contributed by atoms with van der Waals surface area (Å²) in [6.45, 7) is 0. The van der Waals surface area contributed by atoms with Gasteiger partial charge in [0.15, 0.2) is 0 Å². The van der Waals surface area contributed by atoms with Gasteiger partial charge in [0.05, 0.1) is 12.8 Å². The van der Waals surface area contributed by atoms with E-state index in [1.54, 1.807) is 24.8 Å². The van der Waals surface area contributed by atoms with E-state index in [1.807, 2.05) is 24.5 Å². The molecule has 0 aliphatic rings. The summed E-state index contributed by atoms with van der Waals surface area (Å²) in [6.07, 6.45) is 14.3. The number of aromatic amines is 2. The highest BCUT2D eigenvalue weighted by Gasteiger charge is 2.14. The molecule has 6 rings (SSSR count). The molecule has 6 aromatic heterocycles. The van der Waals surface area contributed by atoms with Crippen molar-refractivity contribution in [3.05, 3.63) is 70.5 Å². The third-order valence-corrected chi connectivity index (χ3v) is 8.09. The molecule has 0 saturated carbocycles. The molecule has 0 radical (unpaired) electrons. The second-order valence-electron chi connectivity index (χ2n) is 9.13. The summed E-state index contributed by atoms with van der Waals surface area (Å²) in [7, 11) is 0. The zero-order chi connectivity index (χ0) is 27.3. The summed E-state index contributed by atoms with van der Waals surface area (Å²) in [5.41, 5.74) is 3.67. The van der Waals surface area contributed by atoms with E-state index in [0.717, 1.165) is 68.6 Å². The fourth-order valence-electron chi connectivity index (χ4n) is 4.37. The fourth-order valence-corrected chi connectivity index (χ4v) is 5.96. The summed E-state index contributed by atoms with van der Waals surface area (Å²) in [5.74, 6) is -0.296. The van der Waals surface area contributed by atoms with Crippen molar-refractivity contribution in [3.8, 4) is 0 Å². The van der Waals surface area contributed by atoms with Gasteiger partial charge in [-0.25, -0.2) is 0 Å². The number of carbonyl (C=O) groups is 2. The van der Waals surface area contributed by atoms with Crippen LogP contribution in [-0.4, -0.2) is 52.1 Å².